The first-order chi connectivity index (χ1) is 5.24. The molecule has 0 amide bonds. The van der Waals surface area contributed by atoms with Crippen molar-refractivity contribution in [3.63, 3.8) is 0 Å². The van der Waals surface area contributed by atoms with Gasteiger partial charge in [-0.3, -0.25) is 0 Å². The molecule has 0 aliphatic heterocycles. The van der Waals surface area contributed by atoms with Crippen molar-refractivity contribution in [3.8, 4) is 0 Å². The summed E-state index contributed by atoms with van der Waals surface area (Å²) in [5, 5.41) is 0. The van der Waals surface area contributed by atoms with E-state index in [1.165, 1.54) is 5.56 Å². The van der Waals surface area contributed by atoms with E-state index in [4.69, 9.17) is 0 Å². The van der Waals surface area contributed by atoms with E-state index in [1.807, 2.05) is 18.2 Å². The zero-order valence-corrected chi connectivity index (χ0v) is 8.14. The van der Waals surface area contributed by atoms with Crippen LogP contribution in [0.1, 0.15) is 18.4 Å². The number of hydrogen-bond donors (Lipinski definition) is 0. The monoisotopic (exact) mass is 210 g/mol. The van der Waals surface area contributed by atoms with E-state index in [1.54, 1.807) is 0 Å². The van der Waals surface area contributed by atoms with E-state index in [9.17, 15) is 0 Å². The second-order valence-electron chi connectivity index (χ2n) is 2.58. The number of allylic oxidation sites excluding steroid dienone is 1. The lowest BCUT2D eigenvalue weighted by Crippen LogP contribution is -1.86. The molecule has 1 aromatic carbocycles. The van der Waals surface area contributed by atoms with E-state index < -0.39 is 0 Å². The maximum Gasteiger partial charge on any atom is 0.0178 e. The second kappa shape index (κ2) is 3.72. The van der Waals surface area contributed by atoms with Crippen molar-refractivity contribution in [1.29, 1.82) is 0 Å². The van der Waals surface area contributed by atoms with Crippen molar-refractivity contribution in [2.45, 2.75) is 12.8 Å². The van der Waals surface area contributed by atoms with Crippen LogP contribution in [-0.4, -0.2) is 0 Å². The van der Waals surface area contributed by atoms with Crippen molar-refractivity contribution in [3.05, 3.63) is 47.0 Å². The summed E-state index contributed by atoms with van der Waals surface area (Å²) in [6.07, 6.45) is 1.95. The zero-order valence-electron chi connectivity index (χ0n) is 6.55. The van der Waals surface area contributed by atoms with Crippen LogP contribution in [0, 0.1) is 0 Å². The van der Waals surface area contributed by atoms with E-state index >= 15 is 0 Å². The fourth-order valence-corrected chi connectivity index (χ4v) is 1.34. The molecule has 0 N–H and O–H groups in total. The number of rotatable bonds is 2. The lowest BCUT2D eigenvalue weighted by Gasteiger charge is -2.05. The minimum atomic E-state index is 0.437. The van der Waals surface area contributed by atoms with Crippen LogP contribution in [0.5, 0.6) is 0 Å². The third-order valence-electron chi connectivity index (χ3n) is 1.73. The number of benzene rings is 1. The molecule has 0 saturated heterocycles. The summed E-state index contributed by atoms with van der Waals surface area (Å²) in [5.41, 5.74) is 1.30. The van der Waals surface area contributed by atoms with Gasteiger partial charge in [-0.25, -0.2) is 0 Å². The predicted molar refractivity (Wildman–Crippen MR) is 52.8 cm³/mol. The van der Waals surface area contributed by atoms with Gasteiger partial charge in [-0.2, -0.15) is 0 Å². The van der Waals surface area contributed by atoms with Gasteiger partial charge in [0.25, 0.3) is 0 Å². The van der Waals surface area contributed by atoms with Gasteiger partial charge in [-0.15, -0.1) is 6.58 Å². The Bertz CT molecular complexity index is 253. The Labute approximate surface area is 76.1 Å². The van der Waals surface area contributed by atoms with Gasteiger partial charge in [0, 0.05) is 4.47 Å². The van der Waals surface area contributed by atoms with Crippen LogP contribution in [0.3, 0.4) is 0 Å². The summed E-state index contributed by atoms with van der Waals surface area (Å²) in [4.78, 5) is 0. The van der Waals surface area contributed by atoms with Crippen LogP contribution < -0.4 is 0 Å². The van der Waals surface area contributed by atoms with E-state index in [-0.39, 0.29) is 0 Å². The third kappa shape index (κ3) is 2.19. The SMILES string of the molecule is C=C[C@@H](C)c1cccc(Br)c1. The molecule has 0 saturated carbocycles. The molecule has 58 valence electrons. The maximum absolute atomic E-state index is 3.75. The van der Waals surface area contributed by atoms with E-state index in [0.29, 0.717) is 5.92 Å². The van der Waals surface area contributed by atoms with Crippen LogP contribution in [-0.2, 0) is 0 Å². The van der Waals surface area contributed by atoms with Crippen molar-refractivity contribution < 1.29 is 0 Å². The lowest BCUT2D eigenvalue weighted by atomic mass is 10.0. The Balaban J connectivity index is 2.95. The average molecular weight is 211 g/mol. The minimum absolute atomic E-state index is 0.437. The molecule has 0 bridgehead atoms. The number of halogens is 1. The van der Waals surface area contributed by atoms with Crippen LogP contribution in [0.4, 0.5) is 0 Å². The molecule has 1 atom stereocenters. The quantitative estimate of drug-likeness (QED) is 0.653. The summed E-state index contributed by atoms with van der Waals surface area (Å²) in [6.45, 7) is 5.89. The summed E-state index contributed by atoms with van der Waals surface area (Å²) in [5.74, 6) is 0.437. The molecule has 1 aromatic rings. The van der Waals surface area contributed by atoms with Gasteiger partial charge in [-0.05, 0) is 23.6 Å². The molecule has 0 aromatic heterocycles. The first-order valence-corrected chi connectivity index (χ1v) is 4.41. The van der Waals surface area contributed by atoms with Crippen molar-refractivity contribution >= 4 is 15.9 Å². The molecule has 0 unspecified atom stereocenters. The van der Waals surface area contributed by atoms with Gasteiger partial charge in [-0.1, -0.05) is 41.1 Å². The van der Waals surface area contributed by atoms with E-state index in [0.717, 1.165) is 4.47 Å². The highest BCUT2D eigenvalue weighted by Crippen LogP contribution is 2.19. The van der Waals surface area contributed by atoms with Crippen LogP contribution in [0.25, 0.3) is 0 Å². The molecular formula is C10H11Br. The molecule has 1 heteroatoms. The predicted octanol–water partition coefficient (Wildman–Crippen LogP) is 3.74. The number of hydrogen-bond acceptors (Lipinski definition) is 0. The highest BCUT2D eigenvalue weighted by atomic mass is 79.9. The Morgan fingerprint density at radius 1 is 1.55 bits per heavy atom. The van der Waals surface area contributed by atoms with Crippen LogP contribution in [0.15, 0.2) is 41.4 Å². The van der Waals surface area contributed by atoms with Crippen molar-refractivity contribution in [2.24, 2.45) is 0 Å². The maximum atomic E-state index is 3.75. The molecule has 11 heavy (non-hydrogen) atoms. The normalized spacial score (nSPS) is 12.5. The summed E-state index contributed by atoms with van der Waals surface area (Å²) in [6, 6.07) is 8.29. The first-order valence-electron chi connectivity index (χ1n) is 3.62. The molecule has 0 radical (unpaired) electrons. The largest absolute Gasteiger partial charge is 0.102 e. The highest BCUT2D eigenvalue weighted by molar-refractivity contribution is 9.10. The lowest BCUT2D eigenvalue weighted by molar-refractivity contribution is 0.970. The first kappa shape index (κ1) is 8.54. The Morgan fingerprint density at radius 3 is 2.82 bits per heavy atom. The van der Waals surface area contributed by atoms with E-state index in [2.05, 4.69) is 41.6 Å². The standard InChI is InChI=1S/C10H11Br/c1-3-8(2)9-5-4-6-10(11)7-9/h3-8H,1H2,2H3/t8-/m1/s1. The molecule has 0 fully saturated rings. The molecule has 1 rings (SSSR count). The zero-order chi connectivity index (χ0) is 8.27. The van der Waals surface area contributed by atoms with Gasteiger partial charge >= 0.3 is 0 Å². The molecule has 0 spiro atoms. The Hall–Kier alpha value is -0.560. The molecule has 0 nitrogen and oxygen atoms in total. The van der Waals surface area contributed by atoms with Gasteiger partial charge in [0.2, 0.25) is 0 Å². The van der Waals surface area contributed by atoms with Gasteiger partial charge in [0.15, 0.2) is 0 Å². The topological polar surface area (TPSA) is 0 Å². The molecule has 0 aliphatic carbocycles. The highest BCUT2D eigenvalue weighted by Gasteiger charge is 1.99. The van der Waals surface area contributed by atoms with Crippen molar-refractivity contribution in [1.82, 2.24) is 0 Å². The van der Waals surface area contributed by atoms with Crippen LogP contribution >= 0.6 is 15.9 Å². The molecule has 0 aliphatic rings. The van der Waals surface area contributed by atoms with Gasteiger partial charge in [0.05, 0.1) is 0 Å². The fraction of sp³-hybridized carbons (Fsp3) is 0.200. The summed E-state index contributed by atoms with van der Waals surface area (Å²) >= 11 is 3.43. The fourth-order valence-electron chi connectivity index (χ4n) is 0.926. The summed E-state index contributed by atoms with van der Waals surface area (Å²) in [7, 11) is 0. The molecular weight excluding hydrogens is 200 g/mol. The average Bonchev–Trinajstić information content (AvgIpc) is 2.03. The molecule has 0 heterocycles. The van der Waals surface area contributed by atoms with Crippen molar-refractivity contribution in [2.75, 3.05) is 0 Å². The Morgan fingerprint density at radius 2 is 2.27 bits per heavy atom. The van der Waals surface area contributed by atoms with Gasteiger partial charge < -0.3 is 0 Å². The minimum Gasteiger partial charge on any atom is -0.102 e. The third-order valence-corrected chi connectivity index (χ3v) is 2.22. The van der Waals surface area contributed by atoms with Gasteiger partial charge in [0.1, 0.15) is 0 Å². The Kier molecular flexibility index (Phi) is 2.89. The second-order valence-corrected chi connectivity index (χ2v) is 3.50. The summed E-state index contributed by atoms with van der Waals surface area (Å²) < 4.78 is 1.13. The smallest absolute Gasteiger partial charge is 0.0178 e. The van der Waals surface area contributed by atoms with Crippen LogP contribution in [0.2, 0.25) is 0 Å².